The molecule has 0 N–H and O–H groups in total. The summed E-state index contributed by atoms with van der Waals surface area (Å²) in [5.74, 6) is 2.26. The van der Waals surface area contributed by atoms with Crippen molar-refractivity contribution in [2.45, 2.75) is 6.54 Å². The standard InChI is InChI=1S/C19H21N5O2/c1-25-17-5-3-15(4-6-17)18-22-16(14-26-18)13-23-9-11-24(12-10-23)19-20-7-2-8-21-19/h2-8,14H,9-13H2,1H3. The van der Waals surface area contributed by atoms with Crippen molar-refractivity contribution < 1.29 is 9.15 Å². The van der Waals surface area contributed by atoms with Crippen LogP contribution in [0.15, 0.2) is 53.4 Å². The highest BCUT2D eigenvalue weighted by Crippen LogP contribution is 2.22. The number of hydrogen-bond acceptors (Lipinski definition) is 7. The number of rotatable bonds is 5. The summed E-state index contributed by atoms with van der Waals surface area (Å²) in [5.41, 5.74) is 1.89. The van der Waals surface area contributed by atoms with E-state index < -0.39 is 0 Å². The third-order valence-electron chi connectivity index (χ3n) is 4.48. The quantitative estimate of drug-likeness (QED) is 0.699. The van der Waals surface area contributed by atoms with E-state index in [2.05, 4.69) is 24.8 Å². The molecule has 3 heterocycles. The van der Waals surface area contributed by atoms with Crippen LogP contribution in [0.1, 0.15) is 5.69 Å². The normalized spacial score (nSPS) is 15.2. The van der Waals surface area contributed by atoms with E-state index in [-0.39, 0.29) is 0 Å². The predicted octanol–water partition coefficient (Wildman–Crippen LogP) is 2.46. The first kappa shape index (κ1) is 16.5. The van der Waals surface area contributed by atoms with Crippen LogP contribution >= 0.6 is 0 Å². The third-order valence-corrected chi connectivity index (χ3v) is 4.48. The van der Waals surface area contributed by atoms with E-state index in [1.807, 2.05) is 30.3 Å². The summed E-state index contributed by atoms with van der Waals surface area (Å²) in [6.45, 7) is 4.50. The van der Waals surface area contributed by atoms with Crippen LogP contribution in [0.25, 0.3) is 11.5 Å². The highest BCUT2D eigenvalue weighted by Gasteiger charge is 2.20. The maximum Gasteiger partial charge on any atom is 0.226 e. The van der Waals surface area contributed by atoms with Gasteiger partial charge in [-0.05, 0) is 30.3 Å². The summed E-state index contributed by atoms with van der Waals surface area (Å²) >= 11 is 0. The second-order valence-electron chi connectivity index (χ2n) is 6.18. The van der Waals surface area contributed by atoms with Crippen LogP contribution in [-0.4, -0.2) is 53.1 Å². The number of nitrogens with zero attached hydrogens (tertiary/aromatic N) is 5. The number of oxazole rings is 1. The van der Waals surface area contributed by atoms with E-state index in [1.54, 1.807) is 25.8 Å². The Morgan fingerprint density at radius 3 is 2.46 bits per heavy atom. The topological polar surface area (TPSA) is 67.5 Å². The van der Waals surface area contributed by atoms with Crippen molar-refractivity contribution in [3.05, 3.63) is 54.7 Å². The fraction of sp³-hybridized carbons (Fsp3) is 0.316. The molecule has 0 spiro atoms. The summed E-state index contributed by atoms with van der Waals surface area (Å²) in [6, 6.07) is 9.55. The van der Waals surface area contributed by atoms with Crippen LogP contribution in [0.4, 0.5) is 5.95 Å². The van der Waals surface area contributed by atoms with Gasteiger partial charge in [0.1, 0.15) is 12.0 Å². The number of anilines is 1. The van der Waals surface area contributed by atoms with Gasteiger partial charge in [-0.3, -0.25) is 4.90 Å². The number of ether oxygens (including phenoxy) is 1. The highest BCUT2D eigenvalue weighted by molar-refractivity contribution is 5.54. The fourth-order valence-corrected chi connectivity index (χ4v) is 3.04. The van der Waals surface area contributed by atoms with Crippen molar-refractivity contribution in [1.29, 1.82) is 0 Å². The summed E-state index contributed by atoms with van der Waals surface area (Å²) in [6.07, 6.45) is 5.31. The monoisotopic (exact) mass is 351 g/mol. The van der Waals surface area contributed by atoms with E-state index in [1.165, 1.54) is 0 Å². The van der Waals surface area contributed by atoms with Gasteiger partial charge >= 0.3 is 0 Å². The molecular weight excluding hydrogens is 330 g/mol. The number of methoxy groups -OCH3 is 1. The molecular formula is C19H21N5O2. The fourth-order valence-electron chi connectivity index (χ4n) is 3.04. The average molecular weight is 351 g/mol. The molecule has 0 atom stereocenters. The molecule has 26 heavy (non-hydrogen) atoms. The molecule has 7 nitrogen and oxygen atoms in total. The summed E-state index contributed by atoms with van der Waals surface area (Å²) in [5, 5.41) is 0. The van der Waals surface area contributed by atoms with Crippen molar-refractivity contribution in [3.8, 4) is 17.2 Å². The van der Waals surface area contributed by atoms with Gasteiger partial charge in [0, 0.05) is 50.7 Å². The van der Waals surface area contributed by atoms with Crippen molar-refractivity contribution in [3.63, 3.8) is 0 Å². The highest BCUT2D eigenvalue weighted by atomic mass is 16.5. The number of piperazine rings is 1. The number of aromatic nitrogens is 3. The predicted molar refractivity (Wildman–Crippen MR) is 98.0 cm³/mol. The van der Waals surface area contributed by atoms with Gasteiger partial charge in [0.25, 0.3) is 0 Å². The zero-order valence-electron chi connectivity index (χ0n) is 14.7. The Labute approximate surface area is 152 Å². The molecule has 0 aliphatic carbocycles. The smallest absolute Gasteiger partial charge is 0.226 e. The van der Waals surface area contributed by atoms with Gasteiger partial charge in [0.05, 0.1) is 12.8 Å². The lowest BCUT2D eigenvalue weighted by Gasteiger charge is -2.34. The van der Waals surface area contributed by atoms with E-state index in [0.29, 0.717) is 5.89 Å². The van der Waals surface area contributed by atoms with Gasteiger partial charge in [0.2, 0.25) is 11.8 Å². The van der Waals surface area contributed by atoms with Crippen molar-refractivity contribution in [2.75, 3.05) is 38.2 Å². The van der Waals surface area contributed by atoms with Crippen LogP contribution in [0.2, 0.25) is 0 Å². The first-order chi connectivity index (χ1) is 12.8. The summed E-state index contributed by atoms with van der Waals surface area (Å²) in [7, 11) is 1.65. The molecule has 1 saturated heterocycles. The van der Waals surface area contributed by atoms with Crippen LogP contribution in [0, 0.1) is 0 Å². The lowest BCUT2D eigenvalue weighted by Crippen LogP contribution is -2.46. The number of benzene rings is 1. The molecule has 1 aliphatic rings. The maximum atomic E-state index is 5.65. The molecule has 134 valence electrons. The summed E-state index contributed by atoms with van der Waals surface area (Å²) < 4.78 is 10.8. The van der Waals surface area contributed by atoms with Crippen LogP contribution in [-0.2, 0) is 6.54 Å². The lowest BCUT2D eigenvalue weighted by atomic mass is 10.2. The minimum Gasteiger partial charge on any atom is -0.497 e. The van der Waals surface area contributed by atoms with Gasteiger partial charge in [-0.1, -0.05) is 0 Å². The molecule has 1 fully saturated rings. The van der Waals surface area contributed by atoms with Crippen LogP contribution in [0.3, 0.4) is 0 Å². The molecule has 7 heteroatoms. The Balaban J connectivity index is 1.35. The minimum absolute atomic E-state index is 0.638. The molecule has 0 unspecified atom stereocenters. The minimum atomic E-state index is 0.638. The largest absolute Gasteiger partial charge is 0.497 e. The zero-order valence-corrected chi connectivity index (χ0v) is 14.7. The average Bonchev–Trinajstić information content (AvgIpc) is 3.18. The molecule has 4 rings (SSSR count). The molecule has 0 amide bonds. The Morgan fingerprint density at radius 2 is 1.77 bits per heavy atom. The third kappa shape index (κ3) is 3.67. The molecule has 2 aromatic heterocycles. The maximum absolute atomic E-state index is 5.65. The Hall–Kier alpha value is -2.93. The molecule has 1 aromatic carbocycles. The molecule has 1 aliphatic heterocycles. The first-order valence-electron chi connectivity index (χ1n) is 8.65. The van der Waals surface area contributed by atoms with Crippen LogP contribution < -0.4 is 9.64 Å². The molecule has 0 saturated carbocycles. The van der Waals surface area contributed by atoms with Crippen molar-refractivity contribution in [1.82, 2.24) is 19.9 Å². The van der Waals surface area contributed by atoms with E-state index in [4.69, 9.17) is 9.15 Å². The Bertz CT molecular complexity index is 827. The number of hydrogen-bond donors (Lipinski definition) is 0. The second-order valence-corrected chi connectivity index (χ2v) is 6.18. The second kappa shape index (κ2) is 7.53. The van der Waals surface area contributed by atoms with E-state index >= 15 is 0 Å². The first-order valence-corrected chi connectivity index (χ1v) is 8.65. The van der Waals surface area contributed by atoms with Crippen molar-refractivity contribution >= 4 is 5.95 Å². The Morgan fingerprint density at radius 1 is 1.04 bits per heavy atom. The molecule has 3 aromatic rings. The SMILES string of the molecule is COc1ccc(-c2nc(CN3CCN(c4ncccn4)CC3)co2)cc1. The lowest BCUT2D eigenvalue weighted by molar-refractivity contribution is 0.246. The van der Waals surface area contributed by atoms with Gasteiger partial charge in [0.15, 0.2) is 0 Å². The van der Waals surface area contributed by atoms with Crippen LogP contribution in [0.5, 0.6) is 5.75 Å². The van der Waals surface area contributed by atoms with Gasteiger partial charge in [-0.15, -0.1) is 0 Å². The van der Waals surface area contributed by atoms with Gasteiger partial charge < -0.3 is 14.1 Å². The van der Waals surface area contributed by atoms with E-state index in [9.17, 15) is 0 Å². The molecule has 0 radical (unpaired) electrons. The van der Waals surface area contributed by atoms with E-state index in [0.717, 1.165) is 55.7 Å². The molecule has 0 bridgehead atoms. The van der Waals surface area contributed by atoms with Gasteiger partial charge in [-0.25, -0.2) is 15.0 Å². The van der Waals surface area contributed by atoms with Crippen molar-refractivity contribution in [2.24, 2.45) is 0 Å². The summed E-state index contributed by atoms with van der Waals surface area (Å²) in [4.78, 5) is 17.8. The zero-order chi connectivity index (χ0) is 17.8. The Kier molecular flexibility index (Phi) is 4.79. The van der Waals surface area contributed by atoms with Gasteiger partial charge in [-0.2, -0.15) is 0 Å².